The largest absolute Gasteiger partial charge is 0.756 e. The Hall–Kier alpha value is -2.55. The van der Waals surface area contributed by atoms with E-state index in [1.807, 2.05) is 21.1 Å². The van der Waals surface area contributed by atoms with Crippen molar-refractivity contribution in [2.24, 2.45) is 0 Å². The summed E-state index contributed by atoms with van der Waals surface area (Å²) < 4.78 is 34.4. The SMILES string of the molecule is CC/C=C\C/C=C\C/C=C\C/C=C\CCCCCCCCCCCCCCCCCCC(=O)OC(COC(=O)CCCCCCCCCCCCCCCCCCCCCCCCCCCCCCC/C=C\C/C=C\CCCCCCC)COP(=O)([O-])OCC[N+](C)(C)C. The van der Waals surface area contributed by atoms with Crippen molar-refractivity contribution in [2.45, 2.75) is 405 Å². The zero-order chi connectivity index (χ0) is 68.3. The van der Waals surface area contributed by atoms with Crippen molar-refractivity contribution in [1.82, 2.24) is 0 Å². The smallest absolute Gasteiger partial charge is 0.306 e. The zero-order valence-electron chi connectivity index (χ0n) is 62.9. The van der Waals surface area contributed by atoms with Gasteiger partial charge in [0, 0.05) is 12.8 Å². The Balaban J connectivity index is 3.88. The maximum Gasteiger partial charge on any atom is 0.306 e. The topological polar surface area (TPSA) is 111 Å². The molecule has 94 heavy (non-hydrogen) atoms. The average molecular weight is 1340 g/mol. The number of phosphoric ester groups is 1. The normalized spacial score (nSPS) is 13.4. The number of quaternary nitrogens is 1. The lowest BCUT2D eigenvalue weighted by molar-refractivity contribution is -0.870. The van der Waals surface area contributed by atoms with Crippen LogP contribution in [0.1, 0.15) is 399 Å². The summed E-state index contributed by atoms with van der Waals surface area (Å²) in [5.41, 5.74) is 0. The number of carbonyl (C=O) groups is 2. The molecule has 0 aliphatic carbocycles. The monoisotopic (exact) mass is 1340 g/mol. The van der Waals surface area contributed by atoms with Crippen molar-refractivity contribution < 1.29 is 42.1 Å². The van der Waals surface area contributed by atoms with Crippen molar-refractivity contribution in [2.75, 3.05) is 47.5 Å². The van der Waals surface area contributed by atoms with Gasteiger partial charge in [-0.15, -0.1) is 0 Å². The van der Waals surface area contributed by atoms with E-state index in [4.69, 9.17) is 18.5 Å². The molecule has 0 heterocycles. The maximum absolute atomic E-state index is 12.9. The molecule has 0 rings (SSSR count). The molecule has 0 fully saturated rings. The van der Waals surface area contributed by atoms with Gasteiger partial charge in [0.15, 0.2) is 6.10 Å². The molecule has 0 aromatic rings. The third-order valence-corrected chi connectivity index (χ3v) is 19.2. The van der Waals surface area contributed by atoms with Crippen LogP contribution in [0.3, 0.4) is 0 Å². The third kappa shape index (κ3) is 78.4. The molecule has 2 unspecified atom stereocenters. The number of hydrogen-bond donors (Lipinski definition) is 0. The molecule has 2 atom stereocenters. The van der Waals surface area contributed by atoms with Gasteiger partial charge in [0.2, 0.25) is 0 Å². The van der Waals surface area contributed by atoms with Crippen LogP contribution in [0.5, 0.6) is 0 Å². The number of unbranched alkanes of at least 4 members (excludes halogenated alkanes) is 50. The number of esters is 2. The van der Waals surface area contributed by atoms with Crippen molar-refractivity contribution in [3.63, 3.8) is 0 Å². The molecule has 0 aliphatic heterocycles. The van der Waals surface area contributed by atoms with Gasteiger partial charge in [-0.1, -0.05) is 376 Å². The highest BCUT2D eigenvalue weighted by Gasteiger charge is 2.22. The lowest BCUT2D eigenvalue weighted by atomic mass is 10.0. The van der Waals surface area contributed by atoms with E-state index in [-0.39, 0.29) is 32.0 Å². The van der Waals surface area contributed by atoms with Gasteiger partial charge in [-0.2, -0.15) is 0 Å². The van der Waals surface area contributed by atoms with E-state index in [1.54, 1.807) is 0 Å². The molecular formula is C84H156NO8P. The summed E-state index contributed by atoms with van der Waals surface area (Å²) in [6, 6.07) is 0. The van der Waals surface area contributed by atoms with Crippen LogP contribution in [-0.2, 0) is 32.7 Å². The Labute approximate surface area is 584 Å². The first-order valence-electron chi connectivity index (χ1n) is 40.6. The summed E-state index contributed by atoms with van der Waals surface area (Å²) >= 11 is 0. The minimum Gasteiger partial charge on any atom is -0.756 e. The van der Waals surface area contributed by atoms with Gasteiger partial charge in [0.1, 0.15) is 19.8 Å². The summed E-state index contributed by atoms with van der Waals surface area (Å²) in [6.07, 6.45) is 102. The highest BCUT2D eigenvalue weighted by atomic mass is 31.2. The van der Waals surface area contributed by atoms with Gasteiger partial charge in [0.05, 0.1) is 27.7 Å². The van der Waals surface area contributed by atoms with Crippen LogP contribution >= 0.6 is 7.82 Å². The Morgan fingerprint density at radius 1 is 0.340 bits per heavy atom. The number of allylic oxidation sites excluding steroid dienone is 12. The van der Waals surface area contributed by atoms with Crippen LogP contribution in [0.25, 0.3) is 0 Å². The molecule has 10 heteroatoms. The van der Waals surface area contributed by atoms with Crippen molar-refractivity contribution in [1.29, 1.82) is 0 Å². The number of ether oxygens (including phenoxy) is 2. The summed E-state index contributed by atoms with van der Waals surface area (Å²) in [6.45, 7) is 4.18. The van der Waals surface area contributed by atoms with Gasteiger partial charge in [-0.25, -0.2) is 0 Å². The van der Waals surface area contributed by atoms with E-state index in [2.05, 4.69) is 86.8 Å². The molecule has 0 saturated heterocycles. The molecule has 0 aliphatic rings. The third-order valence-electron chi connectivity index (χ3n) is 18.2. The first-order valence-corrected chi connectivity index (χ1v) is 42.1. The second kappa shape index (κ2) is 74.7. The molecule has 0 radical (unpaired) electrons. The summed E-state index contributed by atoms with van der Waals surface area (Å²) in [5, 5.41) is 0. The van der Waals surface area contributed by atoms with Gasteiger partial charge in [0.25, 0.3) is 7.82 Å². The molecule has 550 valence electrons. The molecule has 0 N–H and O–H groups in total. The van der Waals surface area contributed by atoms with Gasteiger partial charge < -0.3 is 27.9 Å². The summed E-state index contributed by atoms with van der Waals surface area (Å²) in [5.74, 6) is -0.814. The quantitative estimate of drug-likeness (QED) is 0.0195. The molecular weight excluding hydrogens is 1180 g/mol. The number of nitrogens with zero attached hydrogens (tertiary/aromatic N) is 1. The fraction of sp³-hybridized carbons (Fsp3) is 0.833. The maximum atomic E-state index is 12.9. The molecule has 0 spiro atoms. The van der Waals surface area contributed by atoms with Crippen molar-refractivity contribution >= 4 is 19.8 Å². The first-order chi connectivity index (χ1) is 46.0. The highest BCUT2D eigenvalue weighted by Crippen LogP contribution is 2.38. The van der Waals surface area contributed by atoms with Crippen LogP contribution < -0.4 is 4.89 Å². The predicted octanol–water partition coefficient (Wildman–Crippen LogP) is 26.4. The van der Waals surface area contributed by atoms with E-state index in [0.29, 0.717) is 17.4 Å². The van der Waals surface area contributed by atoms with E-state index in [1.165, 1.54) is 295 Å². The van der Waals surface area contributed by atoms with E-state index in [9.17, 15) is 19.0 Å². The minimum absolute atomic E-state index is 0.0297. The average Bonchev–Trinajstić information content (AvgIpc) is 1.65. The van der Waals surface area contributed by atoms with E-state index in [0.717, 1.165) is 70.6 Å². The standard InChI is InChI=1S/C84H156NO8P/c1-6-8-10-12-14-16-18-20-22-24-26-28-30-32-34-36-37-38-39-40-41-42-43-44-45-46-47-49-50-52-54-56-58-60-62-64-66-68-70-72-74-76-83(86)90-80-82(81-92-94(88,89)91-79-78-85(3,4)5)93-84(87)77-75-73-71-69-67-65-63-61-59-57-55-53-51-48-35-33-31-29-27-25-23-21-19-17-15-13-11-9-7-2/h9,11,15,17-18,20-21,23-24,26-27,29,82H,6-8,10,12-14,16,19,22,25,28,30-81H2,1-5H3/b11-9-,17-15-,20-18-,23-21-,26-24-,29-27-. The second-order valence-electron chi connectivity index (χ2n) is 28.8. The Morgan fingerprint density at radius 3 is 0.904 bits per heavy atom. The van der Waals surface area contributed by atoms with Crippen LogP contribution in [0.2, 0.25) is 0 Å². The number of likely N-dealkylation sites (N-methyl/N-ethyl adjacent to an activating group) is 1. The fourth-order valence-corrected chi connectivity index (χ4v) is 12.8. The number of phosphoric acid groups is 1. The van der Waals surface area contributed by atoms with Crippen LogP contribution in [-0.4, -0.2) is 70.0 Å². The Bertz CT molecular complexity index is 1820. The molecule has 9 nitrogen and oxygen atoms in total. The number of rotatable bonds is 76. The Morgan fingerprint density at radius 2 is 0.606 bits per heavy atom. The lowest BCUT2D eigenvalue weighted by Crippen LogP contribution is -2.37. The van der Waals surface area contributed by atoms with Crippen molar-refractivity contribution in [3.05, 3.63) is 72.9 Å². The summed E-state index contributed by atoms with van der Waals surface area (Å²) in [7, 11) is 1.18. The highest BCUT2D eigenvalue weighted by molar-refractivity contribution is 7.45. The minimum atomic E-state index is -4.65. The number of hydrogen-bond acceptors (Lipinski definition) is 8. The van der Waals surface area contributed by atoms with E-state index >= 15 is 0 Å². The van der Waals surface area contributed by atoms with Gasteiger partial charge >= 0.3 is 11.9 Å². The van der Waals surface area contributed by atoms with Crippen LogP contribution in [0, 0.1) is 0 Å². The molecule has 0 aromatic carbocycles. The van der Waals surface area contributed by atoms with Crippen LogP contribution in [0.4, 0.5) is 0 Å². The zero-order valence-corrected chi connectivity index (χ0v) is 63.8. The molecule has 0 aromatic heterocycles. The van der Waals surface area contributed by atoms with Crippen LogP contribution in [0.15, 0.2) is 72.9 Å². The lowest BCUT2D eigenvalue weighted by Gasteiger charge is -2.28. The van der Waals surface area contributed by atoms with E-state index < -0.39 is 26.5 Å². The predicted molar refractivity (Wildman–Crippen MR) is 406 cm³/mol. The fourth-order valence-electron chi connectivity index (χ4n) is 12.0. The molecule has 0 bridgehead atoms. The van der Waals surface area contributed by atoms with Gasteiger partial charge in [-0.05, 0) is 83.5 Å². The molecule has 0 amide bonds. The van der Waals surface area contributed by atoms with Crippen molar-refractivity contribution in [3.8, 4) is 0 Å². The number of carbonyl (C=O) groups excluding carboxylic acids is 2. The Kier molecular flexibility index (Phi) is 72.6. The summed E-state index contributed by atoms with van der Waals surface area (Å²) in [4.78, 5) is 38.2. The second-order valence-corrected chi connectivity index (χ2v) is 30.2. The first kappa shape index (κ1) is 91.4. The molecule has 0 saturated carbocycles. The van der Waals surface area contributed by atoms with Gasteiger partial charge in [-0.3, -0.25) is 14.2 Å².